The summed E-state index contributed by atoms with van der Waals surface area (Å²) in [4.78, 5) is 11.5. The summed E-state index contributed by atoms with van der Waals surface area (Å²) in [5.74, 6) is -0.638. The van der Waals surface area contributed by atoms with E-state index in [-0.39, 0.29) is 5.69 Å². The number of methoxy groups -OCH3 is 1. The van der Waals surface area contributed by atoms with Gasteiger partial charge >= 0.3 is 5.97 Å². The van der Waals surface area contributed by atoms with Crippen LogP contribution >= 0.6 is 0 Å². The lowest BCUT2D eigenvalue weighted by atomic mass is 10.1. The van der Waals surface area contributed by atoms with Crippen molar-refractivity contribution in [1.82, 2.24) is 15.0 Å². The molecule has 0 saturated heterocycles. The fourth-order valence-corrected chi connectivity index (χ4v) is 2.32. The van der Waals surface area contributed by atoms with Crippen LogP contribution in [0.25, 0.3) is 16.9 Å². The smallest absolute Gasteiger partial charge is 0.358 e. The second-order valence-corrected chi connectivity index (χ2v) is 4.80. The zero-order valence-corrected chi connectivity index (χ0v) is 12.3. The van der Waals surface area contributed by atoms with E-state index >= 15 is 0 Å². The second kappa shape index (κ2) is 5.80. The number of hydrogen-bond donors (Lipinski definition) is 2. The van der Waals surface area contributed by atoms with Crippen LogP contribution in [-0.4, -0.2) is 33.2 Å². The monoisotopic (exact) mass is 310 g/mol. The Morgan fingerprint density at radius 1 is 1.22 bits per heavy atom. The van der Waals surface area contributed by atoms with Gasteiger partial charge < -0.3 is 15.6 Å². The third kappa shape index (κ3) is 2.59. The molecule has 3 N–H and O–H groups in total. The minimum absolute atomic E-state index is 0.140. The largest absolute Gasteiger partial charge is 0.495 e. The van der Waals surface area contributed by atoms with Gasteiger partial charge in [-0.25, -0.2) is 9.48 Å². The summed E-state index contributed by atoms with van der Waals surface area (Å²) in [6.45, 7) is 0. The van der Waals surface area contributed by atoms with Gasteiger partial charge in [0.1, 0.15) is 11.4 Å². The van der Waals surface area contributed by atoms with Gasteiger partial charge in [-0.2, -0.15) is 0 Å². The molecule has 23 heavy (non-hydrogen) atoms. The third-order valence-corrected chi connectivity index (χ3v) is 3.38. The van der Waals surface area contributed by atoms with Gasteiger partial charge in [0.05, 0.1) is 18.5 Å². The average Bonchev–Trinajstić information content (AvgIpc) is 3.00. The molecule has 0 radical (unpaired) electrons. The van der Waals surface area contributed by atoms with E-state index in [2.05, 4.69) is 10.3 Å². The minimum atomic E-state index is -1.16. The van der Waals surface area contributed by atoms with E-state index in [1.807, 2.05) is 30.3 Å². The van der Waals surface area contributed by atoms with Crippen LogP contribution in [0.3, 0.4) is 0 Å². The number of para-hydroxylation sites is 1. The number of benzene rings is 2. The summed E-state index contributed by atoms with van der Waals surface area (Å²) in [5, 5.41) is 17.1. The van der Waals surface area contributed by atoms with Gasteiger partial charge in [0, 0.05) is 5.56 Å². The van der Waals surface area contributed by atoms with E-state index < -0.39 is 5.97 Å². The van der Waals surface area contributed by atoms with Crippen molar-refractivity contribution < 1.29 is 14.6 Å². The number of nitrogen functional groups attached to an aromatic ring is 1. The maximum absolute atomic E-state index is 11.5. The fraction of sp³-hybridized carbons (Fsp3) is 0.0625. The first-order valence-electron chi connectivity index (χ1n) is 6.80. The number of aromatic carboxylic acids is 1. The molecule has 2 aromatic carbocycles. The van der Waals surface area contributed by atoms with Gasteiger partial charge in [0.2, 0.25) is 0 Å². The number of anilines is 1. The van der Waals surface area contributed by atoms with Gasteiger partial charge in [-0.3, -0.25) is 0 Å². The molecule has 7 nitrogen and oxygen atoms in total. The Bertz CT molecular complexity index is 859. The SMILES string of the molecule is COc1ccc(-c2c(C(=O)O)nnn2-c2ccccc2)cc1N. The number of aromatic nitrogens is 3. The van der Waals surface area contributed by atoms with E-state index in [9.17, 15) is 9.90 Å². The summed E-state index contributed by atoms with van der Waals surface area (Å²) in [5.41, 5.74) is 7.85. The highest BCUT2D eigenvalue weighted by molar-refractivity contribution is 5.93. The van der Waals surface area contributed by atoms with Crippen molar-refractivity contribution in [2.45, 2.75) is 0 Å². The molecule has 3 rings (SSSR count). The predicted molar refractivity (Wildman–Crippen MR) is 84.7 cm³/mol. The quantitative estimate of drug-likeness (QED) is 0.716. The lowest BCUT2D eigenvalue weighted by molar-refractivity contribution is 0.0691. The van der Waals surface area contributed by atoms with Crippen molar-refractivity contribution in [3.05, 3.63) is 54.2 Å². The molecule has 0 aliphatic heterocycles. The van der Waals surface area contributed by atoms with Gasteiger partial charge in [0.15, 0.2) is 5.69 Å². The van der Waals surface area contributed by atoms with Gasteiger partial charge in [-0.05, 0) is 30.3 Å². The first-order valence-corrected chi connectivity index (χ1v) is 6.80. The van der Waals surface area contributed by atoms with E-state index in [1.54, 1.807) is 18.2 Å². The Balaban J connectivity index is 2.22. The van der Waals surface area contributed by atoms with E-state index in [0.29, 0.717) is 28.4 Å². The number of carbonyl (C=O) groups is 1. The Morgan fingerprint density at radius 3 is 2.57 bits per heavy atom. The highest BCUT2D eigenvalue weighted by Crippen LogP contribution is 2.31. The van der Waals surface area contributed by atoms with E-state index in [4.69, 9.17) is 10.5 Å². The Morgan fingerprint density at radius 2 is 1.96 bits per heavy atom. The number of nitrogens with zero attached hydrogens (tertiary/aromatic N) is 3. The molecule has 0 aliphatic rings. The van der Waals surface area contributed by atoms with Crippen LogP contribution in [-0.2, 0) is 0 Å². The number of rotatable bonds is 4. The highest BCUT2D eigenvalue weighted by Gasteiger charge is 2.22. The van der Waals surface area contributed by atoms with Crippen LogP contribution in [0.4, 0.5) is 5.69 Å². The summed E-state index contributed by atoms with van der Waals surface area (Å²) in [6, 6.07) is 14.2. The van der Waals surface area contributed by atoms with Crippen molar-refractivity contribution in [3.63, 3.8) is 0 Å². The summed E-state index contributed by atoms with van der Waals surface area (Å²) in [6.07, 6.45) is 0. The molecule has 1 aromatic heterocycles. The Labute approximate surface area is 131 Å². The lowest BCUT2D eigenvalue weighted by Crippen LogP contribution is -2.04. The molecule has 3 aromatic rings. The summed E-state index contributed by atoms with van der Waals surface area (Å²) >= 11 is 0. The van der Waals surface area contributed by atoms with Crippen LogP contribution in [0.5, 0.6) is 5.75 Å². The van der Waals surface area contributed by atoms with Crippen molar-refractivity contribution in [1.29, 1.82) is 0 Å². The van der Waals surface area contributed by atoms with Crippen molar-refractivity contribution in [3.8, 4) is 22.7 Å². The predicted octanol–water partition coefficient (Wildman–Crippen LogP) is 2.22. The summed E-state index contributed by atoms with van der Waals surface area (Å²) < 4.78 is 6.61. The standard InChI is InChI=1S/C16H14N4O3/c1-23-13-8-7-10(9-12(13)17)15-14(16(21)22)18-19-20(15)11-5-3-2-4-6-11/h2-9H,17H2,1H3,(H,21,22). The molecule has 1 heterocycles. The minimum Gasteiger partial charge on any atom is -0.495 e. The molecule has 0 aliphatic carbocycles. The zero-order valence-electron chi connectivity index (χ0n) is 12.3. The number of ether oxygens (including phenoxy) is 1. The molecule has 0 saturated carbocycles. The van der Waals surface area contributed by atoms with Gasteiger partial charge in [0.25, 0.3) is 0 Å². The van der Waals surface area contributed by atoms with Crippen LogP contribution in [0.15, 0.2) is 48.5 Å². The number of carboxylic acids is 1. The molecule has 0 amide bonds. The molecular formula is C16H14N4O3. The molecule has 0 spiro atoms. The van der Waals surface area contributed by atoms with Crippen LogP contribution in [0.2, 0.25) is 0 Å². The number of hydrogen-bond acceptors (Lipinski definition) is 5. The van der Waals surface area contributed by atoms with Crippen molar-refractivity contribution >= 4 is 11.7 Å². The first-order chi connectivity index (χ1) is 11.1. The third-order valence-electron chi connectivity index (χ3n) is 3.38. The van der Waals surface area contributed by atoms with E-state index in [1.165, 1.54) is 11.8 Å². The molecule has 0 unspecified atom stereocenters. The highest BCUT2D eigenvalue weighted by atomic mass is 16.5. The van der Waals surface area contributed by atoms with E-state index in [0.717, 1.165) is 0 Å². The van der Waals surface area contributed by atoms with Gasteiger partial charge in [-0.15, -0.1) is 5.10 Å². The lowest BCUT2D eigenvalue weighted by Gasteiger charge is -2.10. The van der Waals surface area contributed by atoms with Crippen molar-refractivity contribution in [2.24, 2.45) is 0 Å². The maximum Gasteiger partial charge on any atom is 0.358 e. The van der Waals surface area contributed by atoms with Gasteiger partial charge in [-0.1, -0.05) is 23.4 Å². The summed E-state index contributed by atoms with van der Waals surface area (Å²) in [7, 11) is 1.52. The second-order valence-electron chi connectivity index (χ2n) is 4.80. The Kier molecular flexibility index (Phi) is 3.68. The zero-order chi connectivity index (χ0) is 16.4. The number of nitrogens with two attached hydrogens (primary N) is 1. The Hall–Kier alpha value is -3.35. The molecule has 0 atom stereocenters. The normalized spacial score (nSPS) is 10.5. The van der Waals surface area contributed by atoms with Crippen LogP contribution in [0.1, 0.15) is 10.5 Å². The maximum atomic E-state index is 11.5. The van der Waals surface area contributed by atoms with Crippen LogP contribution < -0.4 is 10.5 Å². The molecule has 0 bridgehead atoms. The molecule has 116 valence electrons. The average molecular weight is 310 g/mol. The first kappa shape index (κ1) is 14.6. The number of carboxylic acid groups (broad SMARTS) is 1. The topological polar surface area (TPSA) is 103 Å². The fourth-order valence-electron chi connectivity index (χ4n) is 2.32. The molecule has 7 heteroatoms. The van der Waals surface area contributed by atoms with Crippen molar-refractivity contribution in [2.75, 3.05) is 12.8 Å². The molecular weight excluding hydrogens is 296 g/mol. The molecule has 0 fully saturated rings. The van der Waals surface area contributed by atoms with Crippen LogP contribution in [0, 0.1) is 0 Å².